The lowest BCUT2D eigenvalue weighted by atomic mass is 9.78. The van der Waals surface area contributed by atoms with Crippen LogP contribution in [0.3, 0.4) is 0 Å². The minimum Gasteiger partial charge on any atom is -0.497 e. The summed E-state index contributed by atoms with van der Waals surface area (Å²) in [6.45, 7) is 12.8. The van der Waals surface area contributed by atoms with E-state index in [1.165, 1.54) is 42.7 Å². The number of amides is 2. The Kier molecular flexibility index (Phi) is 9.53. The largest absolute Gasteiger partial charge is 0.497 e. The number of halogens is 2. The van der Waals surface area contributed by atoms with Crippen LogP contribution in [0.4, 0.5) is 20.2 Å². The molecule has 2 atom stereocenters. The van der Waals surface area contributed by atoms with E-state index in [1.807, 2.05) is 20.8 Å². The number of allylic oxidation sites excluding steroid dienone is 2. The Morgan fingerprint density at radius 1 is 0.979 bits per heavy atom. The molecule has 1 fully saturated rings. The fourth-order valence-corrected chi connectivity index (χ4v) is 6.04. The Morgan fingerprint density at radius 3 is 2.21 bits per heavy atom. The molecule has 1 heterocycles. The average molecular weight is 650 g/mol. The minimum atomic E-state index is -1.39. The minimum absolute atomic E-state index is 0.0997. The highest BCUT2D eigenvalue weighted by molar-refractivity contribution is 6.18. The molecule has 2 aromatic carbocycles. The monoisotopic (exact) mass is 649 g/mol. The molecule has 2 aliphatic carbocycles. The number of anilines is 2. The van der Waals surface area contributed by atoms with E-state index < -0.39 is 39.7 Å². The van der Waals surface area contributed by atoms with Crippen LogP contribution in [0.15, 0.2) is 75.7 Å². The molecule has 0 aromatic heterocycles. The van der Waals surface area contributed by atoms with Gasteiger partial charge in [-0.15, -0.1) is 0 Å². The molecule has 250 valence electrons. The van der Waals surface area contributed by atoms with Crippen LogP contribution in [0.2, 0.25) is 0 Å². The van der Waals surface area contributed by atoms with Gasteiger partial charge >= 0.3 is 0 Å². The van der Waals surface area contributed by atoms with Gasteiger partial charge in [-0.3, -0.25) is 9.59 Å². The SMILES string of the molecule is CCN(CC)CCOC1=C(OC)CC2(C)C(=C1)N=CN=C2Oc1ccc(NC(=O)C2(C(=O)Nc3ccc(F)cc3)CC2(C)C)cc1F. The van der Waals surface area contributed by atoms with Gasteiger partial charge < -0.3 is 29.7 Å². The Balaban J connectivity index is 1.27. The van der Waals surface area contributed by atoms with Gasteiger partial charge in [0.15, 0.2) is 17.3 Å². The van der Waals surface area contributed by atoms with Gasteiger partial charge in [0, 0.05) is 36.5 Å². The van der Waals surface area contributed by atoms with Crippen LogP contribution in [-0.4, -0.2) is 62.3 Å². The van der Waals surface area contributed by atoms with Gasteiger partial charge in [-0.05, 0) is 68.2 Å². The highest BCUT2D eigenvalue weighted by Crippen LogP contribution is 2.64. The maximum atomic E-state index is 15.5. The molecule has 2 amide bonds. The summed E-state index contributed by atoms with van der Waals surface area (Å²) in [5.41, 5.74) is -1.72. The number of hydrogen-bond donors (Lipinski definition) is 2. The Morgan fingerprint density at radius 2 is 1.62 bits per heavy atom. The molecule has 1 aliphatic heterocycles. The second-order valence-electron chi connectivity index (χ2n) is 12.7. The third-order valence-corrected chi connectivity index (χ3v) is 9.28. The van der Waals surface area contributed by atoms with Crippen molar-refractivity contribution in [2.75, 3.05) is 44.0 Å². The Hall–Kier alpha value is -4.58. The number of carbonyl (C=O) groups excluding carboxylic acids is 2. The van der Waals surface area contributed by atoms with Crippen molar-refractivity contribution in [2.45, 2.75) is 47.5 Å². The number of methoxy groups -OCH3 is 1. The highest BCUT2D eigenvalue weighted by atomic mass is 19.1. The van der Waals surface area contributed by atoms with Crippen LogP contribution in [0.5, 0.6) is 5.75 Å². The zero-order valence-corrected chi connectivity index (χ0v) is 27.6. The van der Waals surface area contributed by atoms with Crippen LogP contribution >= 0.6 is 0 Å². The number of rotatable bonds is 12. The molecule has 47 heavy (non-hydrogen) atoms. The average Bonchev–Trinajstić information content (AvgIpc) is 3.65. The van der Waals surface area contributed by atoms with Crippen LogP contribution in [-0.2, 0) is 19.1 Å². The predicted octanol–water partition coefficient (Wildman–Crippen LogP) is 6.29. The molecule has 2 N–H and O–H groups in total. The van der Waals surface area contributed by atoms with Crippen molar-refractivity contribution in [3.05, 3.63) is 77.4 Å². The van der Waals surface area contributed by atoms with Gasteiger partial charge in [0.1, 0.15) is 29.9 Å². The summed E-state index contributed by atoms with van der Waals surface area (Å²) in [7, 11) is 1.57. The van der Waals surface area contributed by atoms with Crippen LogP contribution in [0.1, 0.15) is 47.5 Å². The lowest BCUT2D eigenvalue weighted by Gasteiger charge is -2.36. The van der Waals surface area contributed by atoms with E-state index in [-0.39, 0.29) is 17.3 Å². The maximum absolute atomic E-state index is 15.5. The second-order valence-corrected chi connectivity index (χ2v) is 12.7. The number of ether oxygens (including phenoxy) is 3. The van der Waals surface area contributed by atoms with Crippen molar-refractivity contribution in [1.82, 2.24) is 4.90 Å². The van der Waals surface area contributed by atoms with Crippen molar-refractivity contribution < 1.29 is 32.6 Å². The first kappa shape index (κ1) is 33.8. The molecule has 0 saturated heterocycles. The molecule has 2 unspecified atom stereocenters. The summed E-state index contributed by atoms with van der Waals surface area (Å²) in [5.74, 6) is -0.956. The molecular weight excluding hydrogens is 608 g/mol. The number of likely N-dealkylation sites (N-methyl/N-ethyl adjacent to an activating group) is 1. The summed E-state index contributed by atoms with van der Waals surface area (Å²) in [6.07, 6.45) is 3.78. The molecule has 10 nitrogen and oxygen atoms in total. The maximum Gasteiger partial charge on any atom is 0.240 e. The van der Waals surface area contributed by atoms with E-state index in [4.69, 9.17) is 14.2 Å². The van der Waals surface area contributed by atoms with Gasteiger partial charge in [-0.25, -0.2) is 18.8 Å². The first-order valence-corrected chi connectivity index (χ1v) is 15.7. The van der Waals surface area contributed by atoms with E-state index in [0.29, 0.717) is 42.4 Å². The molecule has 3 aliphatic rings. The van der Waals surface area contributed by atoms with Gasteiger partial charge in [-0.1, -0.05) is 27.7 Å². The van der Waals surface area contributed by atoms with Gasteiger partial charge in [-0.2, -0.15) is 0 Å². The molecule has 0 bridgehead atoms. The molecule has 12 heteroatoms. The van der Waals surface area contributed by atoms with Gasteiger partial charge in [0.25, 0.3) is 0 Å². The third kappa shape index (κ3) is 6.64. The summed E-state index contributed by atoms with van der Waals surface area (Å²) >= 11 is 0. The van der Waals surface area contributed by atoms with Gasteiger partial charge in [0.2, 0.25) is 17.7 Å². The topological polar surface area (TPSA) is 114 Å². The van der Waals surface area contributed by atoms with E-state index in [2.05, 4.69) is 39.4 Å². The predicted molar refractivity (Wildman–Crippen MR) is 176 cm³/mol. The smallest absolute Gasteiger partial charge is 0.240 e. The summed E-state index contributed by atoms with van der Waals surface area (Å²) in [5, 5.41) is 5.40. The number of fused-ring (bicyclic) bond motifs is 1. The quantitative estimate of drug-likeness (QED) is 0.262. The van der Waals surface area contributed by atoms with E-state index in [0.717, 1.165) is 25.7 Å². The lowest BCUT2D eigenvalue weighted by Crippen LogP contribution is -2.39. The fraction of sp³-hybridized carbons (Fsp3) is 0.429. The number of hydrogen-bond acceptors (Lipinski definition) is 8. The molecule has 5 rings (SSSR count). The van der Waals surface area contributed by atoms with Crippen molar-refractivity contribution in [1.29, 1.82) is 0 Å². The standard InChI is InChI=1S/C35H41F2N5O5/c1-7-42(8-2)15-16-46-27-18-29-34(5,19-28(27)45-6)32(39-21-38-29)47-26-14-13-24(17-25(26)37)41-31(44)35(20-33(35,3)4)30(43)40-23-11-9-22(36)10-12-23/h9-14,17-18,21H,7-8,15-16,19-20H2,1-6H3,(H,40,43)(H,41,44). The van der Waals surface area contributed by atoms with Crippen molar-refractivity contribution >= 4 is 35.4 Å². The molecule has 1 saturated carbocycles. The zero-order chi connectivity index (χ0) is 34.0. The van der Waals surface area contributed by atoms with Crippen molar-refractivity contribution in [3.63, 3.8) is 0 Å². The van der Waals surface area contributed by atoms with E-state index in [1.54, 1.807) is 13.2 Å². The molecule has 0 radical (unpaired) electrons. The third-order valence-electron chi connectivity index (χ3n) is 9.28. The van der Waals surface area contributed by atoms with Crippen LogP contribution in [0.25, 0.3) is 0 Å². The van der Waals surface area contributed by atoms with Crippen LogP contribution in [0, 0.1) is 27.9 Å². The summed E-state index contributed by atoms with van der Waals surface area (Å²) < 4.78 is 46.6. The molecule has 2 aromatic rings. The number of nitrogens with zero attached hydrogens (tertiary/aromatic N) is 3. The number of aliphatic imine (C=N–C) groups is 2. The number of nitrogens with one attached hydrogen (secondary N) is 2. The van der Waals surface area contributed by atoms with Crippen LogP contribution < -0.4 is 15.4 Å². The molecule has 0 spiro atoms. The van der Waals surface area contributed by atoms with Gasteiger partial charge in [0.05, 0.1) is 18.2 Å². The van der Waals surface area contributed by atoms with E-state index in [9.17, 15) is 14.0 Å². The normalized spacial score (nSPS) is 22.6. The zero-order valence-electron chi connectivity index (χ0n) is 27.6. The first-order valence-electron chi connectivity index (χ1n) is 15.7. The fourth-order valence-electron chi connectivity index (χ4n) is 6.04. The summed E-state index contributed by atoms with van der Waals surface area (Å²) in [6, 6.07) is 9.31. The summed E-state index contributed by atoms with van der Waals surface area (Å²) in [4.78, 5) is 37.8. The Labute approximate surface area is 273 Å². The van der Waals surface area contributed by atoms with E-state index >= 15 is 4.39 Å². The number of carbonyl (C=O) groups is 2. The lowest BCUT2D eigenvalue weighted by molar-refractivity contribution is -0.132. The first-order chi connectivity index (χ1) is 22.4. The highest BCUT2D eigenvalue weighted by Gasteiger charge is 2.71. The second kappa shape index (κ2) is 13.3. The molecular formula is C35H41F2N5O5. The Bertz CT molecular complexity index is 1660. The van der Waals surface area contributed by atoms with Crippen molar-refractivity contribution in [3.8, 4) is 5.75 Å². The number of benzene rings is 2. The van der Waals surface area contributed by atoms with Crippen molar-refractivity contribution in [2.24, 2.45) is 26.2 Å².